The molecule has 0 saturated heterocycles. The first-order chi connectivity index (χ1) is 7.81. The Labute approximate surface area is 95.9 Å². The molecule has 2 rings (SSSR count). The lowest BCUT2D eigenvalue weighted by Crippen LogP contribution is -2.11. The molecule has 16 heavy (non-hydrogen) atoms. The molecule has 2 heteroatoms. The monoisotopic (exact) mass is 216 g/mol. The van der Waals surface area contributed by atoms with Crippen LogP contribution in [-0.2, 0) is 9.53 Å². The second-order valence-electron chi connectivity index (χ2n) is 4.10. The van der Waals surface area contributed by atoms with E-state index in [4.69, 9.17) is 4.74 Å². The average Bonchev–Trinajstić information content (AvgIpc) is 2.39. The summed E-state index contributed by atoms with van der Waals surface area (Å²) in [4.78, 5) is 11.3. The van der Waals surface area contributed by atoms with Crippen LogP contribution in [0.3, 0.4) is 0 Å². The molecule has 0 aromatic heterocycles. The molecule has 1 aromatic rings. The summed E-state index contributed by atoms with van der Waals surface area (Å²) in [6.45, 7) is 0. The van der Waals surface area contributed by atoms with E-state index in [-0.39, 0.29) is 5.97 Å². The van der Waals surface area contributed by atoms with Crippen molar-refractivity contribution in [1.29, 1.82) is 0 Å². The molecule has 0 spiro atoms. The predicted molar refractivity (Wildman–Crippen MR) is 63.1 cm³/mol. The van der Waals surface area contributed by atoms with Gasteiger partial charge < -0.3 is 4.74 Å². The average molecular weight is 216 g/mol. The summed E-state index contributed by atoms with van der Waals surface area (Å²) >= 11 is 0. The molecule has 2 nitrogen and oxygen atoms in total. The van der Waals surface area contributed by atoms with Gasteiger partial charge in [0.2, 0.25) is 0 Å². The first kappa shape index (κ1) is 10.9. The summed E-state index contributed by atoms with van der Waals surface area (Å²) in [5, 5.41) is 0. The molecule has 0 heterocycles. The summed E-state index contributed by atoms with van der Waals surface area (Å²) in [5.41, 5.74) is 2.19. The molecule has 0 amide bonds. The molecular weight excluding hydrogens is 200 g/mol. The van der Waals surface area contributed by atoms with Crippen molar-refractivity contribution < 1.29 is 9.53 Å². The molecule has 0 aliphatic heterocycles. The molecule has 1 atom stereocenters. The Morgan fingerprint density at radius 3 is 2.62 bits per heavy atom. The van der Waals surface area contributed by atoms with Crippen LogP contribution in [0.1, 0.15) is 30.7 Å². The van der Waals surface area contributed by atoms with Crippen molar-refractivity contribution in [3.8, 4) is 0 Å². The first-order valence-corrected chi connectivity index (χ1v) is 5.63. The van der Waals surface area contributed by atoms with Crippen molar-refractivity contribution in [2.45, 2.75) is 25.2 Å². The zero-order valence-electron chi connectivity index (χ0n) is 9.48. The number of carbonyl (C=O) groups excluding carboxylic acids is 1. The van der Waals surface area contributed by atoms with Gasteiger partial charge in [-0.1, -0.05) is 36.4 Å². The second kappa shape index (κ2) is 4.97. The normalized spacial score (nSPS) is 20.1. The highest BCUT2D eigenvalue weighted by molar-refractivity contribution is 5.88. The van der Waals surface area contributed by atoms with E-state index >= 15 is 0 Å². The number of carbonyl (C=O) groups is 1. The van der Waals surface area contributed by atoms with Crippen LogP contribution in [0.25, 0.3) is 0 Å². The third-order valence-electron chi connectivity index (χ3n) is 3.13. The third kappa shape index (κ3) is 2.32. The Balaban J connectivity index is 2.05. The molecule has 1 aliphatic carbocycles. The maximum atomic E-state index is 11.3. The van der Waals surface area contributed by atoms with Gasteiger partial charge in [-0.15, -0.1) is 0 Å². The van der Waals surface area contributed by atoms with Crippen LogP contribution in [-0.4, -0.2) is 13.1 Å². The van der Waals surface area contributed by atoms with Crippen LogP contribution in [0.4, 0.5) is 0 Å². The second-order valence-corrected chi connectivity index (χ2v) is 4.10. The Morgan fingerprint density at radius 1 is 1.31 bits per heavy atom. The Hall–Kier alpha value is -1.57. The topological polar surface area (TPSA) is 26.3 Å². The predicted octanol–water partition coefficient (Wildman–Crippen LogP) is 3.05. The molecule has 0 fully saturated rings. The van der Waals surface area contributed by atoms with Gasteiger partial charge in [0.25, 0.3) is 0 Å². The van der Waals surface area contributed by atoms with Crippen molar-refractivity contribution in [3.05, 3.63) is 47.5 Å². The van der Waals surface area contributed by atoms with Gasteiger partial charge in [-0.25, -0.2) is 4.79 Å². The van der Waals surface area contributed by atoms with Crippen LogP contribution in [0.2, 0.25) is 0 Å². The lowest BCUT2D eigenvalue weighted by molar-refractivity contribution is -0.136. The first-order valence-electron chi connectivity index (χ1n) is 5.63. The van der Waals surface area contributed by atoms with Gasteiger partial charge in [-0.2, -0.15) is 0 Å². The van der Waals surface area contributed by atoms with Crippen molar-refractivity contribution in [2.75, 3.05) is 7.11 Å². The molecule has 1 aliphatic rings. The molecule has 0 radical (unpaired) electrons. The largest absolute Gasteiger partial charge is 0.466 e. The van der Waals surface area contributed by atoms with Crippen molar-refractivity contribution in [2.24, 2.45) is 0 Å². The summed E-state index contributed by atoms with van der Waals surface area (Å²) in [5.74, 6) is 0.376. The Morgan fingerprint density at radius 2 is 2.06 bits per heavy atom. The molecule has 0 unspecified atom stereocenters. The van der Waals surface area contributed by atoms with E-state index in [9.17, 15) is 4.79 Å². The van der Waals surface area contributed by atoms with Crippen molar-refractivity contribution in [3.63, 3.8) is 0 Å². The van der Waals surface area contributed by atoms with E-state index < -0.39 is 0 Å². The number of allylic oxidation sites excluding steroid dienone is 1. The third-order valence-corrected chi connectivity index (χ3v) is 3.13. The quantitative estimate of drug-likeness (QED) is 0.710. The van der Waals surface area contributed by atoms with E-state index in [0.717, 1.165) is 24.8 Å². The van der Waals surface area contributed by atoms with Crippen molar-refractivity contribution in [1.82, 2.24) is 0 Å². The van der Waals surface area contributed by atoms with Crippen LogP contribution in [0.5, 0.6) is 0 Å². The summed E-state index contributed by atoms with van der Waals surface area (Å²) in [6.07, 6.45) is 4.82. The Kier molecular flexibility index (Phi) is 3.40. The minimum Gasteiger partial charge on any atom is -0.466 e. The molecule has 0 bridgehead atoms. The minimum absolute atomic E-state index is 0.175. The molecular formula is C14H16O2. The number of hydrogen-bond donors (Lipinski definition) is 0. The summed E-state index contributed by atoms with van der Waals surface area (Å²) in [7, 11) is 1.44. The van der Waals surface area contributed by atoms with E-state index in [2.05, 4.69) is 24.3 Å². The Bertz CT molecular complexity index is 392. The SMILES string of the molecule is COC(=O)C1=CC[C@H](c2ccccc2)CC1. The summed E-state index contributed by atoms with van der Waals surface area (Å²) < 4.78 is 4.72. The number of benzene rings is 1. The maximum absolute atomic E-state index is 11.3. The minimum atomic E-state index is -0.175. The van der Waals surface area contributed by atoms with E-state index in [1.165, 1.54) is 12.7 Å². The van der Waals surface area contributed by atoms with E-state index in [1.54, 1.807) is 0 Å². The van der Waals surface area contributed by atoms with E-state index in [1.807, 2.05) is 12.1 Å². The van der Waals surface area contributed by atoms with Gasteiger partial charge in [-0.3, -0.25) is 0 Å². The standard InChI is InChI=1S/C14H16O2/c1-16-14(15)13-9-7-12(8-10-13)11-5-3-2-4-6-11/h2-6,9,12H,7-8,10H2,1H3/t12-/m0/s1. The molecule has 0 N–H and O–H groups in total. The number of esters is 1. The van der Waals surface area contributed by atoms with Crippen LogP contribution < -0.4 is 0 Å². The number of rotatable bonds is 2. The number of hydrogen-bond acceptors (Lipinski definition) is 2. The molecule has 1 aromatic carbocycles. The lowest BCUT2D eigenvalue weighted by atomic mass is 9.85. The fourth-order valence-electron chi connectivity index (χ4n) is 2.18. The van der Waals surface area contributed by atoms with Gasteiger partial charge >= 0.3 is 5.97 Å². The van der Waals surface area contributed by atoms with Gasteiger partial charge in [0.1, 0.15) is 0 Å². The molecule has 0 saturated carbocycles. The van der Waals surface area contributed by atoms with Crippen LogP contribution in [0, 0.1) is 0 Å². The van der Waals surface area contributed by atoms with Crippen molar-refractivity contribution >= 4 is 5.97 Å². The maximum Gasteiger partial charge on any atom is 0.333 e. The van der Waals surface area contributed by atoms with Crippen LogP contribution >= 0.6 is 0 Å². The van der Waals surface area contributed by atoms with Crippen LogP contribution in [0.15, 0.2) is 42.0 Å². The van der Waals surface area contributed by atoms with Gasteiger partial charge in [-0.05, 0) is 30.7 Å². The summed E-state index contributed by atoms with van der Waals surface area (Å²) in [6, 6.07) is 10.5. The van der Waals surface area contributed by atoms with Gasteiger partial charge in [0.05, 0.1) is 7.11 Å². The number of methoxy groups -OCH3 is 1. The lowest BCUT2D eigenvalue weighted by Gasteiger charge is -2.21. The smallest absolute Gasteiger partial charge is 0.333 e. The van der Waals surface area contributed by atoms with E-state index in [0.29, 0.717) is 5.92 Å². The fourth-order valence-corrected chi connectivity index (χ4v) is 2.18. The van der Waals surface area contributed by atoms with Gasteiger partial charge in [0, 0.05) is 5.57 Å². The fraction of sp³-hybridized carbons (Fsp3) is 0.357. The number of ether oxygens (including phenoxy) is 1. The zero-order valence-corrected chi connectivity index (χ0v) is 9.48. The van der Waals surface area contributed by atoms with Gasteiger partial charge in [0.15, 0.2) is 0 Å². The highest BCUT2D eigenvalue weighted by atomic mass is 16.5. The highest BCUT2D eigenvalue weighted by Crippen LogP contribution is 2.32. The molecule has 84 valence electrons. The zero-order chi connectivity index (χ0) is 11.4. The highest BCUT2D eigenvalue weighted by Gasteiger charge is 2.19.